The minimum absolute atomic E-state index is 0.222. The Kier molecular flexibility index (Phi) is 4.70. The summed E-state index contributed by atoms with van der Waals surface area (Å²) >= 11 is 0. The van der Waals surface area contributed by atoms with Crippen LogP contribution in [0.3, 0.4) is 0 Å². The van der Waals surface area contributed by atoms with Crippen LogP contribution in [0, 0.1) is 5.92 Å². The van der Waals surface area contributed by atoms with E-state index in [-0.39, 0.29) is 11.8 Å². The molecule has 16 heavy (non-hydrogen) atoms. The van der Waals surface area contributed by atoms with E-state index in [1.54, 1.807) is 0 Å². The molecule has 0 bridgehead atoms. The molecule has 0 aromatic rings. The predicted octanol–water partition coefficient (Wildman–Crippen LogP) is -1.01. The van der Waals surface area contributed by atoms with E-state index in [4.69, 9.17) is 5.73 Å². The van der Waals surface area contributed by atoms with Crippen molar-refractivity contribution in [3.8, 4) is 0 Å². The van der Waals surface area contributed by atoms with Crippen LogP contribution in [0.4, 0.5) is 0 Å². The molecule has 1 saturated heterocycles. The number of nitrogens with zero attached hydrogens (tertiary/aromatic N) is 1. The van der Waals surface area contributed by atoms with E-state index in [0.717, 1.165) is 32.6 Å². The molecule has 1 aliphatic heterocycles. The van der Waals surface area contributed by atoms with Crippen LogP contribution < -0.4 is 16.4 Å². The maximum Gasteiger partial charge on any atom is 0.238 e. The fourth-order valence-corrected chi connectivity index (χ4v) is 2.24. The summed E-state index contributed by atoms with van der Waals surface area (Å²) in [5.41, 5.74) is 5.04. The average Bonchev–Trinajstić information content (AvgIpc) is 2.20. The summed E-state index contributed by atoms with van der Waals surface area (Å²) in [6.07, 6.45) is 0.775. The number of carbonyl (C=O) groups is 1. The van der Waals surface area contributed by atoms with Crippen molar-refractivity contribution in [1.82, 2.24) is 15.5 Å². The molecule has 4 N–H and O–H groups in total. The summed E-state index contributed by atoms with van der Waals surface area (Å²) in [5.74, 6) is 0.0150. The Hall–Kier alpha value is -0.650. The van der Waals surface area contributed by atoms with Gasteiger partial charge in [0.05, 0.1) is 0 Å². The molecule has 1 aliphatic rings. The minimum atomic E-state index is -0.527. The summed E-state index contributed by atoms with van der Waals surface area (Å²) in [6.45, 7) is 5.47. The Balaban J connectivity index is 2.61. The lowest BCUT2D eigenvalue weighted by Crippen LogP contribution is -2.65. The maximum atomic E-state index is 11.7. The molecule has 0 spiro atoms. The first-order valence-electron chi connectivity index (χ1n) is 5.89. The Morgan fingerprint density at radius 2 is 2.31 bits per heavy atom. The molecule has 0 saturated carbocycles. The van der Waals surface area contributed by atoms with Crippen molar-refractivity contribution in [3.63, 3.8) is 0 Å². The number of likely N-dealkylation sites (N-methyl/N-ethyl adjacent to an activating group) is 1. The van der Waals surface area contributed by atoms with Gasteiger partial charge < -0.3 is 21.3 Å². The molecular weight excluding hydrogens is 204 g/mol. The van der Waals surface area contributed by atoms with Gasteiger partial charge in [-0.05, 0) is 39.5 Å². The van der Waals surface area contributed by atoms with E-state index < -0.39 is 5.54 Å². The second kappa shape index (κ2) is 5.61. The molecule has 1 heterocycles. The minimum Gasteiger partial charge on any atom is -0.368 e. The Morgan fingerprint density at radius 3 is 2.81 bits per heavy atom. The monoisotopic (exact) mass is 228 g/mol. The van der Waals surface area contributed by atoms with Gasteiger partial charge in [-0.2, -0.15) is 0 Å². The SMILES string of the molecule is CC1CNCCC1(NCCN(C)C)C(N)=O. The highest BCUT2D eigenvalue weighted by molar-refractivity contribution is 5.85. The summed E-state index contributed by atoms with van der Waals surface area (Å²) in [4.78, 5) is 13.8. The smallest absolute Gasteiger partial charge is 0.238 e. The topological polar surface area (TPSA) is 70.4 Å². The van der Waals surface area contributed by atoms with Crippen LogP contribution in [0.1, 0.15) is 13.3 Å². The first kappa shape index (κ1) is 13.4. The summed E-state index contributed by atoms with van der Waals surface area (Å²) < 4.78 is 0. The number of rotatable bonds is 5. The van der Waals surface area contributed by atoms with Crippen LogP contribution in [0.2, 0.25) is 0 Å². The van der Waals surface area contributed by atoms with Crippen molar-refractivity contribution in [2.45, 2.75) is 18.9 Å². The molecule has 1 fully saturated rings. The zero-order valence-corrected chi connectivity index (χ0v) is 10.5. The zero-order valence-electron chi connectivity index (χ0n) is 10.5. The van der Waals surface area contributed by atoms with Gasteiger partial charge in [0.25, 0.3) is 0 Å². The molecule has 94 valence electrons. The molecule has 2 atom stereocenters. The third kappa shape index (κ3) is 2.93. The number of carbonyl (C=O) groups excluding carboxylic acids is 1. The lowest BCUT2D eigenvalue weighted by molar-refractivity contribution is -0.127. The van der Waals surface area contributed by atoms with Crippen LogP contribution in [-0.2, 0) is 4.79 Å². The first-order valence-corrected chi connectivity index (χ1v) is 5.89. The maximum absolute atomic E-state index is 11.7. The molecule has 1 amide bonds. The number of hydrogen-bond donors (Lipinski definition) is 3. The van der Waals surface area contributed by atoms with Gasteiger partial charge in [0.2, 0.25) is 5.91 Å². The molecule has 0 aromatic heterocycles. The number of nitrogens with one attached hydrogen (secondary N) is 2. The van der Waals surface area contributed by atoms with Crippen molar-refractivity contribution < 1.29 is 4.79 Å². The quantitative estimate of drug-likeness (QED) is 0.564. The molecular formula is C11H24N4O. The lowest BCUT2D eigenvalue weighted by Gasteiger charge is -2.41. The highest BCUT2D eigenvalue weighted by Gasteiger charge is 2.42. The number of piperidine rings is 1. The molecule has 1 rings (SSSR count). The van der Waals surface area contributed by atoms with Crippen LogP contribution in [0.5, 0.6) is 0 Å². The van der Waals surface area contributed by atoms with Gasteiger partial charge in [0, 0.05) is 13.1 Å². The Bertz CT molecular complexity index is 244. The van der Waals surface area contributed by atoms with Crippen LogP contribution >= 0.6 is 0 Å². The van der Waals surface area contributed by atoms with Crippen LogP contribution in [-0.4, -0.2) is 56.6 Å². The highest BCUT2D eigenvalue weighted by atomic mass is 16.1. The predicted molar refractivity (Wildman–Crippen MR) is 65.1 cm³/mol. The zero-order chi connectivity index (χ0) is 12.2. The van der Waals surface area contributed by atoms with Gasteiger partial charge in [-0.15, -0.1) is 0 Å². The Labute approximate surface area is 97.7 Å². The largest absolute Gasteiger partial charge is 0.368 e. The summed E-state index contributed by atoms with van der Waals surface area (Å²) in [7, 11) is 4.04. The lowest BCUT2D eigenvalue weighted by atomic mass is 9.79. The Morgan fingerprint density at radius 1 is 1.62 bits per heavy atom. The molecule has 0 aliphatic carbocycles. The van der Waals surface area contributed by atoms with E-state index in [0.29, 0.717) is 0 Å². The van der Waals surface area contributed by atoms with Gasteiger partial charge in [-0.3, -0.25) is 4.79 Å². The average molecular weight is 228 g/mol. The van der Waals surface area contributed by atoms with Crippen LogP contribution in [0.25, 0.3) is 0 Å². The molecule has 5 nitrogen and oxygen atoms in total. The summed E-state index contributed by atoms with van der Waals surface area (Å²) in [6, 6.07) is 0. The second-order valence-electron chi connectivity index (χ2n) is 4.92. The van der Waals surface area contributed by atoms with E-state index in [2.05, 4.69) is 22.5 Å². The van der Waals surface area contributed by atoms with Crippen LogP contribution in [0.15, 0.2) is 0 Å². The number of nitrogens with two attached hydrogens (primary N) is 1. The number of amides is 1. The molecule has 5 heteroatoms. The van der Waals surface area contributed by atoms with Gasteiger partial charge in [0.15, 0.2) is 0 Å². The van der Waals surface area contributed by atoms with E-state index in [9.17, 15) is 4.79 Å². The van der Waals surface area contributed by atoms with E-state index in [1.165, 1.54) is 0 Å². The van der Waals surface area contributed by atoms with Gasteiger partial charge in [0.1, 0.15) is 5.54 Å². The van der Waals surface area contributed by atoms with Crippen molar-refractivity contribution >= 4 is 5.91 Å². The highest BCUT2D eigenvalue weighted by Crippen LogP contribution is 2.23. The van der Waals surface area contributed by atoms with Crippen molar-refractivity contribution in [1.29, 1.82) is 0 Å². The van der Waals surface area contributed by atoms with Crippen molar-refractivity contribution in [3.05, 3.63) is 0 Å². The number of primary amides is 1. The normalized spacial score (nSPS) is 30.6. The summed E-state index contributed by atoms with van der Waals surface area (Å²) in [5, 5.41) is 6.64. The standard InChI is InChI=1S/C11H24N4O/c1-9-8-13-5-4-11(9,10(12)16)14-6-7-15(2)3/h9,13-14H,4-8H2,1-3H3,(H2,12,16). The van der Waals surface area contributed by atoms with E-state index >= 15 is 0 Å². The molecule has 0 aromatic carbocycles. The molecule has 2 unspecified atom stereocenters. The second-order valence-corrected chi connectivity index (χ2v) is 4.92. The fourth-order valence-electron chi connectivity index (χ4n) is 2.24. The van der Waals surface area contributed by atoms with Crippen molar-refractivity contribution in [2.24, 2.45) is 11.7 Å². The molecule has 0 radical (unpaired) electrons. The number of hydrogen-bond acceptors (Lipinski definition) is 4. The van der Waals surface area contributed by atoms with Gasteiger partial charge in [-0.1, -0.05) is 6.92 Å². The first-order chi connectivity index (χ1) is 7.49. The van der Waals surface area contributed by atoms with E-state index in [1.807, 2.05) is 14.1 Å². The van der Waals surface area contributed by atoms with Crippen molar-refractivity contribution in [2.75, 3.05) is 40.3 Å². The third-order valence-electron chi connectivity index (χ3n) is 3.43. The third-order valence-corrected chi connectivity index (χ3v) is 3.43. The fraction of sp³-hybridized carbons (Fsp3) is 0.909. The van der Waals surface area contributed by atoms with Gasteiger partial charge in [-0.25, -0.2) is 0 Å². The van der Waals surface area contributed by atoms with Gasteiger partial charge >= 0.3 is 0 Å².